The first kappa shape index (κ1) is 19.7. The van der Waals surface area contributed by atoms with E-state index in [0.717, 1.165) is 28.4 Å². The molecule has 0 aromatic carbocycles. The third-order valence-corrected chi connectivity index (χ3v) is 5.51. The highest BCUT2D eigenvalue weighted by Gasteiger charge is 2.15. The van der Waals surface area contributed by atoms with Gasteiger partial charge in [-0.05, 0) is 38.0 Å². The van der Waals surface area contributed by atoms with Gasteiger partial charge in [0.1, 0.15) is 5.01 Å². The van der Waals surface area contributed by atoms with E-state index in [2.05, 4.69) is 44.4 Å². The Morgan fingerprint density at radius 1 is 1.26 bits per heavy atom. The first-order chi connectivity index (χ1) is 12.9. The lowest BCUT2D eigenvalue weighted by atomic mass is 10.1. The van der Waals surface area contributed by atoms with E-state index < -0.39 is 0 Å². The Labute approximate surface area is 166 Å². The number of anilines is 1. The van der Waals surface area contributed by atoms with Crippen molar-refractivity contribution in [3.63, 3.8) is 0 Å². The summed E-state index contributed by atoms with van der Waals surface area (Å²) >= 11 is 2.91. The number of amides is 1. The third-order valence-electron chi connectivity index (χ3n) is 4.11. The average Bonchev–Trinajstić information content (AvgIpc) is 3.20. The van der Waals surface area contributed by atoms with Crippen LogP contribution in [0, 0.1) is 19.8 Å². The van der Waals surface area contributed by atoms with Crippen molar-refractivity contribution in [2.45, 2.75) is 52.1 Å². The van der Waals surface area contributed by atoms with Gasteiger partial charge in [0.2, 0.25) is 16.2 Å². The molecule has 3 aromatic heterocycles. The molecule has 0 aliphatic heterocycles. The Bertz CT molecular complexity index is 964. The Morgan fingerprint density at radius 3 is 2.74 bits per heavy atom. The Balaban J connectivity index is 1.67. The van der Waals surface area contributed by atoms with Gasteiger partial charge in [0.25, 0.3) is 5.78 Å². The second kappa shape index (κ2) is 8.30. The zero-order valence-corrected chi connectivity index (χ0v) is 17.7. The Hall–Kier alpha value is -2.07. The molecule has 0 saturated carbocycles. The normalized spacial score (nSPS) is 11.5. The standard InChI is InChI=1S/C17H23N7OS2/c1-9(2)8-14-21-22-16(27-14)19-13(25)7-6-12-10(3)18-15-20-17(26-5)23-24(15)11(12)4/h9H,6-8H2,1-5H3,(H,19,22,25). The van der Waals surface area contributed by atoms with Crippen molar-refractivity contribution >= 4 is 39.9 Å². The molecule has 3 aromatic rings. The Kier molecular flexibility index (Phi) is 6.05. The van der Waals surface area contributed by atoms with Crippen LogP contribution in [0.4, 0.5) is 5.13 Å². The molecule has 0 aliphatic rings. The molecule has 1 amide bonds. The van der Waals surface area contributed by atoms with Gasteiger partial charge in [0.05, 0.1) is 0 Å². The largest absolute Gasteiger partial charge is 0.301 e. The number of hydrogen-bond acceptors (Lipinski definition) is 8. The first-order valence-corrected chi connectivity index (χ1v) is 10.8. The maximum atomic E-state index is 12.3. The molecule has 0 spiro atoms. The SMILES string of the molecule is CSc1nc2nc(C)c(CCC(=O)Nc3nnc(CC(C)C)s3)c(C)n2n1. The molecule has 0 aliphatic carbocycles. The topological polar surface area (TPSA) is 98.0 Å². The fraction of sp³-hybridized carbons (Fsp3) is 0.529. The molecule has 0 unspecified atom stereocenters. The molecule has 0 bridgehead atoms. The minimum Gasteiger partial charge on any atom is -0.301 e. The molecule has 0 atom stereocenters. The van der Waals surface area contributed by atoms with Crippen molar-refractivity contribution in [1.82, 2.24) is 29.8 Å². The van der Waals surface area contributed by atoms with E-state index in [1.54, 1.807) is 4.52 Å². The number of carbonyl (C=O) groups is 1. The summed E-state index contributed by atoms with van der Waals surface area (Å²) < 4.78 is 1.75. The highest BCUT2D eigenvalue weighted by molar-refractivity contribution is 7.98. The second-order valence-electron chi connectivity index (χ2n) is 6.72. The molecule has 10 heteroatoms. The molecule has 1 N–H and O–H groups in total. The minimum absolute atomic E-state index is 0.0791. The van der Waals surface area contributed by atoms with Crippen LogP contribution >= 0.6 is 23.1 Å². The van der Waals surface area contributed by atoms with Gasteiger partial charge in [0.15, 0.2) is 0 Å². The summed E-state index contributed by atoms with van der Waals surface area (Å²) in [5.41, 5.74) is 2.86. The lowest BCUT2D eigenvalue weighted by molar-refractivity contribution is -0.116. The molecular weight excluding hydrogens is 382 g/mol. The number of nitrogens with one attached hydrogen (secondary N) is 1. The van der Waals surface area contributed by atoms with E-state index >= 15 is 0 Å². The monoisotopic (exact) mass is 405 g/mol. The maximum absolute atomic E-state index is 12.3. The van der Waals surface area contributed by atoms with Crippen LogP contribution in [-0.4, -0.2) is 41.9 Å². The molecule has 27 heavy (non-hydrogen) atoms. The fourth-order valence-electron chi connectivity index (χ4n) is 2.79. The molecular formula is C17H23N7OS2. The molecule has 3 heterocycles. The molecule has 0 fully saturated rings. The van der Waals surface area contributed by atoms with Crippen molar-refractivity contribution < 1.29 is 4.79 Å². The van der Waals surface area contributed by atoms with Crippen LogP contribution in [0.1, 0.15) is 42.2 Å². The summed E-state index contributed by atoms with van der Waals surface area (Å²) in [6.07, 6.45) is 3.73. The predicted octanol–water partition coefficient (Wildman–Crippen LogP) is 3.08. The van der Waals surface area contributed by atoms with Crippen LogP contribution in [-0.2, 0) is 17.6 Å². The average molecular weight is 406 g/mol. The summed E-state index contributed by atoms with van der Waals surface area (Å²) in [4.78, 5) is 21.2. The number of aryl methyl sites for hydroxylation is 2. The van der Waals surface area contributed by atoms with Gasteiger partial charge in [-0.25, -0.2) is 9.50 Å². The number of nitrogens with zero attached hydrogens (tertiary/aromatic N) is 6. The van der Waals surface area contributed by atoms with E-state index in [1.807, 2.05) is 20.1 Å². The summed E-state index contributed by atoms with van der Waals surface area (Å²) in [6, 6.07) is 0. The minimum atomic E-state index is -0.0791. The highest BCUT2D eigenvalue weighted by Crippen LogP contribution is 2.20. The van der Waals surface area contributed by atoms with Gasteiger partial charge in [-0.3, -0.25) is 4.79 Å². The van der Waals surface area contributed by atoms with Crippen LogP contribution in [0.3, 0.4) is 0 Å². The highest BCUT2D eigenvalue weighted by atomic mass is 32.2. The smallest absolute Gasteiger partial charge is 0.253 e. The summed E-state index contributed by atoms with van der Waals surface area (Å²) in [5, 5.41) is 17.6. The predicted molar refractivity (Wildman–Crippen MR) is 107 cm³/mol. The van der Waals surface area contributed by atoms with Crippen molar-refractivity contribution in [3.8, 4) is 0 Å². The van der Waals surface area contributed by atoms with Gasteiger partial charge < -0.3 is 5.32 Å². The number of hydrogen-bond donors (Lipinski definition) is 1. The number of carbonyl (C=O) groups excluding carboxylic acids is 1. The number of thioether (sulfide) groups is 1. The molecule has 0 radical (unpaired) electrons. The van der Waals surface area contributed by atoms with Crippen molar-refractivity contribution in [3.05, 3.63) is 22.0 Å². The zero-order chi connectivity index (χ0) is 19.6. The van der Waals surface area contributed by atoms with E-state index in [-0.39, 0.29) is 5.91 Å². The summed E-state index contributed by atoms with van der Waals surface area (Å²) in [5.74, 6) is 1.02. The van der Waals surface area contributed by atoms with Crippen LogP contribution in [0.2, 0.25) is 0 Å². The first-order valence-electron chi connectivity index (χ1n) is 8.76. The van der Waals surface area contributed by atoms with Gasteiger partial charge in [0, 0.05) is 24.2 Å². The van der Waals surface area contributed by atoms with Crippen molar-refractivity contribution in [1.29, 1.82) is 0 Å². The van der Waals surface area contributed by atoms with Crippen molar-refractivity contribution in [2.75, 3.05) is 11.6 Å². The maximum Gasteiger partial charge on any atom is 0.253 e. The van der Waals surface area contributed by atoms with E-state index in [9.17, 15) is 4.79 Å². The second-order valence-corrected chi connectivity index (χ2v) is 8.55. The molecule has 8 nitrogen and oxygen atoms in total. The molecule has 144 valence electrons. The van der Waals surface area contributed by atoms with Gasteiger partial charge in [-0.2, -0.15) is 4.98 Å². The summed E-state index contributed by atoms with van der Waals surface area (Å²) in [7, 11) is 0. The van der Waals surface area contributed by atoms with Gasteiger partial charge in [-0.1, -0.05) is 36.9 Å². The van der Waals surface area contributed by atoms with Gasteiger partial charge in [-0.15, -0.1) is 15.3 Å². The third kappa shape index (κ3) is 4.62. The molecule has 0 saturated heterocycles. The number of aromatic nitrogens is 6. The van der Waals surface area contributed by atoms with Crippen LogP contribution in [0.5, 0.6) is 0 Å². The quantitative estimate of drug-likeness (QED) is 0.603. The van der Waals surface area contributed by atoms with Crippen molar-refractivity contribution in [2.24, 2.45) is 5.92 Å². The number of rotatable bonds is 7. The van der Waals surface area contributed by atoms with Crippen LogP contribution in [0.25, 0.3) is 5.78 Å². The van der Waals surface area contributed by atoms with Crippen LogP contribution < -0.4 is 5.32 Å². The van der Waals surface area contributed by atoms with E-state index in [1.165, 1.54) is 23.1 Å². The van der Waals surface area contributed by atoms with E-state index in [0.29, 0.717) is 34.8 Å². The number of fused-ring (bicyclic) bond motifs is 1. The zero-order valence-electron chi connectivity index (χ0n) is 16.1. The lowest BCUT2D eigenvalue weighted by Gasteiger charge is -2.09. The van der Waals surface area contributed by atoms with Crippen LogP contribution in [0.15, 0.2) is 5.16 Å². The van der Waals surface area contributed by atoms with E-state index in [4.69, 9.17) is 0 Å². The summed E-state index contributed by atoms with van der Waals surface area (Å²) in [6.45, 7) is 8.19. The molecule has 3 rings (SSSR count). The Morgan fingerprint density at radius 2 is 2.04 bits per heavy atom. The lowest BCUT2D eigenvalue weighted by Crippen LogP contribution is -2.14. The fourth-order valence-corrected chi connectivity index (χ4v) is 4.10. The van der Waals surface area contributed by atoms with Gasteiger partial charge >= 0.3 is 0 Å².